The normalized spacial score (nSPS) is 21.0. The van der Waals surface area contributed by atoms with Gasteiger partial charge in [-0.15, -0.1) is 0 Å². The first-order chi connectivity index (χ1) is 6.33. The second kappa shape index (κ2) is 3.22. The Morgan fingerprint density at radius 1 is 1.69 bits per heavy atom. The Morgan fingerprint density at radius 2 is 2.54 bits per heavy atom. The molecule has 1 aliphatic heterocycles. The van der Waals surface area contributed by atoms with Gasteiger partial charge in [0, 0.05) is 19.3 Å². The van der Waals surface area contributed by atoms with Crippen molar-refractivity contribution in [1.82, 2.24) is 9.88 Å². The average Bonchev–Trinajstić information content (AvgIpc) is 2.59. The number of amides is 1. The van der Waals surface area contributed by atoms with Gasteiger partial charge < -0.3 is 15.0 Å². The molecule has 0 saturated carbocycles. The molecule has 2 heterocycles. The minimum absolute atomic E-state index is 0.0285. The zero-order valence-corrected chi connectivity index (χ0v) is 7.23. The number of carbonyl (C=O) groups excluding carboxylic acids is 1. The van der Waals surface area contributed by atoms with Crippen molar-refractivity contribution < 1.29 is 9.90 Å². The van der Waals surface area contributed by atoms with Gasteiger partial charge in [-0.3, -0.25) is 4.79 Å². The van der Waals surface area contributed by atoms with E-state index in [0.29, 0.717) is 18.7 Å². The monoisotopic (exact) mass is 180 g/mol. The van der Waals surface area contributed by atoms with E-state index in [9.17, 15) is 4.79 Å². The standard InChI is InChI=1S/C9H12N2O2/c12-5-3-7-6-10-9(13)8-2-1-4-11(7)8/h1-2,4,7,12H,3,5-6H2,(H,10,13)/t7-/m0/s1. The summed E-state index contributed by atoms with van der Waals surface area (Å²) in [5, 5.41) is 11.6. The van der Waals surface area contributed by atoms with E-state index in [1.807, 2.05) is 16.8 Å². The van der Waals surface area contributed by atoms with Crippen LogP contribution >= 0.6 is 0 Å². The van der Waals surface area contributed by atoms with E-state index in [4.69, 9.17) is 5.11 Å². The fourth-order valence-corrected chi connectivity index (χ4v) is 1.69. The molecule has 13 heavy (non-hydrogen) atoms. The number of hydrogen-bond donors (Lipinski definition) is 2. The molecule has 70 valence electrons. The van der Waals surface area contributed by atoms with Gasteiger partial charge in [0.2, 0.25) is 0 Å². The number of carbonyl (C=O) groups is 1. The third kappa shape index (κ3) is 1.33. The Balaban J connectivity index is 2.30. The molecule has 4 heteroatoms. The number of hydrogen-bond acceptors (Lipinski definition) is 2. The minimum atomic E-state index is -0.0285. The predicted molar refractivity (Wildman–Crippen MR) is 47.5 cm³/mol. The highest BCUT2D eigenvalue weighted by atomic mass is 16.3. The van der Waals surface area contributed by atoms with Crippen LogP contribution in [0.15, 0.2) is 18.3 Å². The van der Waals surface area contributed by atoms with Crippen LogP contribution in [-0.2, 0) is 0 Å². The van der Waals surface area contributed by atoms with Crippen LogP contribution < -0.4 is 5.32 Å². The van der Waals surface area contributed by atoms with Gasteiger partial charge in [0.15, 0.2) is 0 Å². The highest BCUT2D eigenvalue weighted by Gasteiger charge is 2.22. The van der Waals surface area contributed by atoms with Gasteiger partial charge in [-0.2, -0.15) is 0 Å². The highest BCUT2D eigenvalue weighted by Crippen LogP contribution is 2.18. The van der Waals surface area contributed by atoms with Crippen LogP contribution in [0, 0.1) is 0 Å². The molecule has 1 aliphatic rings. The van der Waals surface area contributed by atoms with Crippen molar-refractivity contribution in [1.29, 1.82) is 0 Å². The van der Waals surface area contributed by atoms with E-state index in [-0.39, 0.29) is 18.6 Å². The summed E-state index contributed by atoms with van der Waals surface area (Å²) in [5.74, 6) is -0.0285. The molecule has 0 radical (unpaired) electrons. The van der Waals surface area contributed by atoms with E-state index in [1.165, 1.54) is 0 Å². The van der Waals surface area contributed by atoms with Crippen molar-refractivity contribution in [3.8, 4) is 0 Å². The summed E-state index contributed by atoms with van der Waals surface area (Å²) < 4.78 is 1.93. The average molecular weight is 180 g/mol. The lowest BCUT2D eigenvalue weighted by molar-refractivity contribution is 0.0907. The van der Waals surface area contributed by atoms with Gasteiger partial charge >= 0.3 is 0 Å². The predicted octanol–water partition coefficient (Wildman–Crippen LogP) is 0.155. The first kappa shape index (κ1) is 8.31. The number of nitrogens with zero attached hydrogens (tertiary/aromatic N) is 1. The number of aliphatic hydroxyl groups is 1. The van der Waals surface area contributed by atoms with E-state index in [2.05, 4.69) is 5.32 Å². The highest BCUT2D eigenvalue weighted by molar-refractivity contribution is 5.93. The lowest BCUT2D eigenvalue weighted by atomic mass is 10.1. The summed E-state index contributed by atoms with van der Waals surface area (Å²) in [7, 11) is 0. The Bertz CT molecular complexity index is 319. The molecule has 0 fully saturated rings. The molecule has 2 rings (SSSR count). The summed E-state index contributed by atoms with van der Waals surface area (Å²) in [5.41, 5.74) is 0.685. The molecular formula is C9H12N2O2. The summed E-state index contributed by atoms with van der Waals surface area (Å²) in [6.45, 7) is 0.763. The quantitative estimate of drug-likeness (QED) is 0.681. The molecule has 1 amide bonds. The Morgan fingerprint density at radius 3 is 3.31 bits per heavy atom. The molecule has 4 nitrogen and oxygen atoms in total. The van der Waals surface area contributed by atoms with Crippen molar-refractivity contribution in [2.45, 2.75) is 12.5 Å². The van der Waals surface area contributed by atoms with Crippen LogP contribution in [-0.4, -0.2) is 28.7 Å². The Kier molecular flexibility index (Phi) is 2.06. The Hall–Kier alpha value is -1.29. The van der Waals surface area contributed by atoms with Gasteiger partial charge in [0.1, 0.15) is 5.69 Å². The molecule has 1 atom stereocenters. The van der Waals surface area contributed by atoms with E-state index in [1.54, 1.807) is 6.07 Å². The van der Waals surface area contributed by atoms with Crippen LogP contribution in [0.4, 0.5) is 0 Å². The molecule has 2 N–H and O–H groups in total. The maximum absolute atomic E-state index is 11.3. The molecular weight excluding hydrogens is 168 g/mol. The van der Waals surface area contributed by atoms with Gasteiger partial charge in [-0.25, -0.2) is 0 Å². The molecule has 0 saturated heterocycles. The molecule has 0 aliphatic carbocycles. The Labute approximate surface area is 76.2 Å². The maximum atomic E-state index is 11.3. The third-order valence-electron chi connectivity index (χ3n) is 2.37. The molecule has 1 aromatic rings. The van der Waals surface area contributed by atoms with Crippen LogP contribution in [0.3, 0.4) is 0 Å². The summed E-state index contributed by atoms with van der Waals surface area (Å²) in [6.07, 6.45) is 2.57. The van der Waals surface area contributed by atoms with Crippen molar-refractivity contribution in [3.63, 3.8) is 0 Å². The lowest BCUT2D eigenvalue weighted by Gasteiger charge is -2.25. The van der Waals surface area contributed by atoms with Gasteiger partial charge in [-0.1, -0.05) is 0 Å². The lowest BCUT2D eigenvalue weighted by Crippen LogP contribution is -2.38. The number of rotatable bonds is 2. The number of aliphatic hydroxyl groups excluding tert-OH is 1. The second-order valence-electron chi connectivity index (χ2n) is 3.18. The first-order valence-corrected chi connectivity index (χ1v) is 4.39. The van der Waals surface area contributed by atoms with Crippen LogP contribution in [0.25, 0.3) is 0 Å². The third-order valence-corrected chi connectivity index (χ3v) is 2.37. The van der Waals surface area contributed by atoms with E-state index < -0.39 is 0 Å². The molecule has 0 unspecified atom stereocenters. The summed E-state index contributed by atoms with van der Waals surface area (Å²) in [4.78, 5) is 11.3. The molecule has 0 bridgehead atoms. The molecule has 0 aromatic carbocycles. The minimum Gasteiger partial charge on any atom is -0.396 e. The number of aromatic nitrogens is 1. The van der Waals surface area contributed by atoms with Crippen LogP contribution in [0.5, 0.6) is 0 Å². The van der Waals surface area contributed by atoms with Crippen molar-refractivity contribution in [2.24, 2.45) is 0 Å². The summed E-state index contributed by atoms with van der Waals surface area (Å²) in [6, 6.07) is 3.84. The molecule has 0 spiro atoms. The largest absolute Gasteiger partial charge is 0.396 e. The summed E-state index contributed by atoms with van der Waals surface area (Å²) >= 11 is 0. The van der Waals surface area contributed by atoms with Crippen LogP contribution in [0.2, 0.25) is 0 Å². The maximum Gasteiger partial charge on any atom is 0.267 e. The zero-order chi connectivity index (χ0) is 9.26. The first-order valence-electron chi connectivity index (χ1n) is 4.39. The van der Waals surface area contributed by atoms with Crippen molar-refractivity contribution >= 4 is 5.91 Å². The van der Waals surface area contributed by atoms with Gasteiger partial charge in [0.25, 0.3) is 5.91 Å². The van der Waals surface area contributed by atoms with Gasteiger partial charge in [0.05, 0.1) is 6.04 Å². The second-order valence-corrected chi connectivity index (χ2v) is 3.18. The fraction of sp³-hybridized carbons (Fsp3) is 0.444. The smallest absolute Gasteiger partial charge is 0.267 e. The van der Waals surface area contributed by atoms with Crippen molar-refractivity contribution in [2.75, 3.05) is 13.2 Å². The molecule has 1 aromatic heterocycles. The van der Waals surface area contributed by atoms with Crippen LogP contribution in [0.1, 0.15) is 23.0 Å². The number of fused-ring (bicyclic) bond motifs is 1. The van der Waals surface area contributed by atoms with Crippen molar-refractivity contribution in [3.05, 3.63) is 24.0 Å². The topological polar surface area (TPSA) is 54.3 Å². The van der Waals surface area contributed by atoms with Gasteiger partial charge in [-0.05, 0) is 18.6 Å². The zero-order valence-electron chi connectivity index (χ0n) is 7.23. The van der Waals surface area contributed by atoms with E-state index in [0.717, 1.165) is 0 Å². The number of nitrogens with one attached hydrogen (secondary N) is 1. The van der Waals surface area contributed by atoms with E-state index >= 15 is 0 Å². The fourth-order valence-electron chi connectivity index (χ4n) is 1.69. The SMILES string of the molecule is O=C1NC[C@H](CCO)n2cccc21.